The first-order valence-electron chi connectivity index (χ1n) is 5.24. The summed E-state index contributed by atoms with van der Waals surface area (Å²) in [4.78, 5) is 7.56. The molecule has 0 bridgehead atoms. The number of hydrogen-bond donors (Lipinski definition) is 2. The van der Waals surface area contributed by atoms with Crippen molar-refractivity contribution in [1.29, 1.82) is 0 Å². The molecule has 0 saturated heterocycles. The van der Waals surface area contributed by atoms with Crippen molar-refractivity contribution in [2.45, 2.75) is 11.8 Å². The number of sulfonamides is 1. The third-order valence-corrected chi connectivity index (χ3v) is 3.93. The van der Waals surface area contributed by atoms with Crippen LogP contribution in [0.3, 0.4) is 0 Å². The first kappa shape index (κ1) is 13.6. The summed E-state index contributed by atoms with van der Waals surface area (Å²) in [5.41, 5.74) is 6.65. The van der Waals surface area contributed by atoms with Crippen molar-refractivity contribution < 1.29 is 8.42 Å². The third-order valence-electron chi connectivity index (χ3n) is 2.28. The molecule has 0 radical (unpaired) electrons. The third kappa shape index (κ3) is 3.12. The zero-order chi connectivity index (χ0) is 14.0. The van der Waals surface area contributed by atoms with Gasteiger partial charge >= 0.3 is 0 Å². The molecule has 0 amide bonds. The fraction of sp³-hybridized carbons (Fsp3) is 0.0909. The van der Waals surface area contributed by atoms with Crippen LogP contribution >= 0.6 is 11.6 Å². The van der Waals surface area contributed by atoms with Crippen molar-refractivity contribution in [1.82, 2.24) is 9.97 Å². The lowest BCUT2D eigenvalue weighted by molar-refractivity contribution is 0.601. The average Bonchev–Trinajstić information content (AvgIpc) is 2.32. The first-order valence-corrected chi connectivity index (χ1v) is 7.10. The molecule has 2 aromatic heterocycles. The van der Waals surface area contributed by atoms with E-state index in [1.165, 1.54) is 12.3 Å². The largest absolute Gasteiger partial charge is 0.382 e. The molecule has 0 atom stereocenters. The molecule has 0 aromatic carbocycles. The Morgan fingerprint density at radius 1 is 1.26 bits per heavy atom. The summed E-state index contributed by atoms with van der Waals surface area (Å²) >= 11 is 5.76. The van der Waals surface area contributed by atoms with Crippen molar-refractivity contribution in [3.8, 4) is 0 Å². The highest BCUT2D eigenvalue weighted by Gasteiger charge is 2.16. The van der Waals surface area contributed by atoms with E-state index in [9.17, 15) is 8.42 Å². The Kier molecular flexibility index (Phi) is 3.59. The van der Waals surface area contributed by atoms with Crippen LogP contribution in [0.25, 0.3) is 0 Å². The van der Waals surface area contributed by atoms with Crippen LogP contribution in [0.5, 0.6) is 0 Å². The van der Waals surface area contributed by atoms with Crippen molar-refractivity contribution in [2.75, 3.05) is 10.5 Å². The van der Waals surface area contributed by atoms with Crippen LogP contribution in [-0.2, 0) is 10.0 Å². The fourth-order valence-electron chi connectivity index (χ4n) is 1.40. The maximum atomic E-state index is 12.1. The average molecular weight is 299 g/mol. The monoisotopic (exact) mass is 298 g/mol. The molecule has 0 spiro atoms. The van der Waals surface area contributed by atoms with Crippen LogP contribution in [0.15, 0.2) is 35.6 Å². The predicted molar refractivity (Wildman–Crippen MR) is 73.4 cm³/mol. The van der Waals surface area contributed by atoms with Crippen LogP contribution in [-0.4, -0.2) is 18.4 Å². The van der Waals surface area contributed by atoms with E-state index in [-0.39, 0.29) is 15.7 Å². The Morgan fingerprint density at radius 2 is 2.00 bits per heavy atom. The summed E-state index contributed by atoms with van der Waals surface area (Å²) < 4.78 is 26.6. The number of aryl methyl sites for hydroxylation is 1. The molecule has 2 heterocycles. The molecule has 100 valence electrons. The van der Waals surface area contributed by atoms with Crippen molar-refractivity contribution in [3.63, 3.8) is 0 Å². The minimum atomic E-state index is -3.76. The molecular formula is C11H11ClN4O2S. The molecule has 3 N–H and O–H groups in total. The SMILES string of the molecule is Cc1cncc(NS(=O)(=O)c2cnc(N)c(Cl)c2)c1. The lowest BCUT2D eigenvalue weighted by atomic mass is 10.3. The fourth-order valence-corrected chi connectivity index (χ4v) is 2.64. The van der Waals surface area contributed by atoms with Gasteiger partial charge in [0, 0.05) is 12.4 Å². The summed E-state index contributed by atoms with van der Waals surface area (Å²) in [6.07, 6.45) is 4.18. The van der Waals surface area contributed by atoms with E-state index in [1.807, 2.05) is 6.92 Å². The zero-order valence-corrected chi connectivity index (χ0v) is 11.5. The standard InChI is InChI=1S/C11H11ClN4O2S/c1-7-2-8(5-14-4-7)16-19(17,18)9-3-10(12)11(13)15-6-9/h2-6,16H,1H3,(H2,13,15). The Labute approximate surface area is 115 Å². The Bertz CT molecular complexity index is 718. The maximum absolute atomic E-state index is 12.1. The number of nitrogen functional groups attached to an aromatic ring is 1. The van der Waals surface area contributed by atoms with E-state index in [0.29, 0.717) is 5.69 Å². The number of halogens is 1. The van der Waals surface area contributed by atoms with Gasteiger partial charge in [-0.3, -0.25) is 9.71 Å². The Balaban J connectivity index is 2.35. The van der Waals surface area contributed by atoms with Crippen LogP contribution in [0, 0.1) is 6.92 Å². The number of nitrogens with one attached hydrogen (secondary N) is 1. The van der Waals surface area contributed by atoms with E-state index < -0.39 is 10.0 Å². The molecule has 0 aliphatic rings. The van der Waals surface area contributed by atoms with Gasteiger partial charge in [-0.2, -0.15) is 0 Å². The smallest absolute Gasteiger partial charge is 0.263 e. The summed E-state index contributed by atoms with van der Waals surface area (Å²) in [6.45, 7) is 1.81. The van der Waals surface area contributed by atoms with Gasteiger partial charge in [0.05, 0.1) is 16.9 Å². The van der Waals surface area contributed by atoms with Gasteiger partial charge in [0.25, 0.3) is 10.0 Å². The second-order valence-corrected chi connectivity index (χ2v) is 5.98. The summed E-state index contributed by atoms with van der Waals surface area (Å²) in [7, 11) is -3.76. The number of nitrogens with zero attached hydrogens (tertiary/aromatic N) is 2. The van der Waals surface area contributed by atoms with Crippen molar-refractivity contribution in [2.24, 2.45) is 0 Å². The molecule has 0 aliphatic carbocycles. The number of hydrogen-bond acceptors (Lipinski definition) is 5. The normalized spacial score (nSPS) is 11.3. The van der Waals surface area contributed by atoms with Gasteiger partial charge in [-0.15, -0.1) is 0 Å². The number of nitrogens with two attached hydrogens (primary N) is 1. The zero-order valence-electron chi connectivity index (χ0n) is 9.96. The topological polar surface area (TPSA) is 98.0 Å². The summed E-state index contributed by atoms with van der Waals surface area (Å²) in [5.74, 6) is 0.0813. The van der Waals surface area contributed by atoms with Gasteiger partial charge in [0.1, 0.15) is 10.7 Å². The lowest BCUT2D eigenvalue weighted by Crippen LogP contribution is -2.13. The molecule has 2 aromatic rings. The van der Waals surface area contributed by atoms with Gasteiger partial charge in [-0.25, -0.2) is 13.4 Å². The van der Waals surface area contributed by atoms with Gasteiger partial charge < -0.3 is 5.73 Å². The van der Waals surface area contributed by atoms with Crippen LogP contribution in [0.2, 0.25) is 5.02 Å². The quantitative estimate of drug-likeness (QED) is 0.900. The van der Waals surface area contributed by atoms with E-state index in [4.69, 9.17) is 17.3 Å². The van der Waals surface area contributed by atoms with Gasteiger partial charge in [-0.05, 0) is 24.6 Å². The molecule has 0 aliphatic heterocycles. The van der Waals surface area contributed by atoms with Crippen LogP contribution in [0.1, 0.15) is 5.56 Å². The van der Waals surface area contributed by atoms with Gasteiger partial charge in [-0.1, -0.05) is 11.6 Å². The minimum Gasteiger partial charge on any atom is -0.382 e. The number of rotatable bonds is 3. The highest BCUT2D eigenvalue weighted by Crippen LogP contribution is 2.21. The molecular weight excluding hydrogens is 288 g/mol. The molecule has 2 rings (SSSR count). The van der Waals surface area contributed by atoms with E-state index in [2.05, 4.69) is 14.7 Å². The molecule has 0 unspecified atom stereocenters. The lowest BCUT2D eigenvalue weighted by Gasteiger charge is -2.08. The summed E-state index contributed by atoms with van der Waals surface area (Å²) in [6, 6.07) is 2.91. The van der Waals surface area contributed by atoms with E-state index in [0.717, 1.165) is 11.8 Å². The van der Waals surface area contributed by atoms with Crippen LogP contribution in [0.4, 0.5) is 11.5 Å². The molecule has 19 heavy (non-hydrogen) atoms. The van der Waals surface area contributed by atoms with E-state index >= 15 is 0 Å². The highest BCUT2D eigenvalue weighted by atomic mass is 35.5. The molecule has 0 saturated carbocycles. The highest BCUT2D eigenvalue weighted by molar-refractivity contribution is 7.92. The second kappa shape index (κ2) is 5.02. The van der Waals surface area contributed by atoms with E-state index in [1.54, 1.807) is 12.3 Å². The van der Waals surface area contributed by atoms with Gasteiger partial charge in [0.15, 0.2) is 0 Å². The number of anilines is 2. The van der Waals surface area contributed by atoms with Crippen molar-refractivity contribution >= 4 is 33.1 Å². The molecule has 6 nitrogen and oxygen atoms in total. The first-order chi connectivity index (χ1) is 8.88. The van der Waals surface area contributed by atoms with Crippen LogP contribution < -0.4 is 10.5 Å². The molecule has 0 fully saturated rings. The maximum Gasteiger partial charge on any atom is 0.263 e. The Hall–Kier alpha value is -1.86. The Morgan fingerprint density at radius 3 is 2.63 bits per heavy atom. The minimum absolute atomic E-state index is 0.0618. The van der Waals surface area contributed by atoms with Gasteiger partial charge in [0.2, 0.25) is 0 Å². The van der Waals surface area contributed by atoms with Crippen molar-refractivity contribution in [3.05, 3.63) is 41.3 Å². The number of pyridine rings is 2. The summed E-state index contributed by atoms with van der Waals surface area (Å²) in [5, 5.41) is 0.0882. The number of aromatic nitrogens is 2. The predicted octanol–water partition coefficient (Wildman–Crippen LogP) is 1.82. The molecule has 8 heteroatoms. The second-order valence-electron chi connectivity index (χ2n) is 3.89.